The van der Waals surface area contributed by atoms with Gasteiger partial charge in [0.15, 0.2) is 6.10 Å². The molecule has 0 saturated heterocycles. The highest BCUT2D eigenvalue weighted by Gasteiger charge is 2.27. The van der Waals surface area contributed by atoms with Gasteiger partial charge in [0.25, 0.3) is 5.91 Å². The Morgan fingerprint density at radius 2 is 1.90 bits per heavy atom. The summed E-state index contributed by atoms with van der Waals surface area (Å²) in [7, 11) is 5.29. The van der Waals surface area contributed by atoms with Gasteiger partial charge in [0.05, 0.1) is 12.2 Å². The van der Waals surface area contributed by atoms with Crippen LogP contribution in [-0.2, 0) is 16.1 Å². The van der Waals surface area contributed by atoms with Gasteiger partial charge in [-0.15, -0.1) is 12.4 Å². The molecule has 2 aromatic carbocycles. The molecule has 0 fully saturated rings. The quantitative estimate of drug-likeness (QED) is 0.276. The number of nitrogens with zero attached hydrogens (tertiary/aromatic N) is 1. The van der Waals surface area contributed by atoms with Crippen molar-refractivity contribution in [3.8, 4) is 5.75 Å². The van der Waals surface area contributed by atoms with Crippen LogP contribution in [0.1, 0.15) is 29.2 Å². The number of hydrogen-bond acceptors (Lipinski definition) is 5. The standard InChI is InChI=1S/C22H29FN4O3.ClH/c1-27(2)12-5-13-30-18-7-4-6-17(23)19(18)20(29-3)22(28)26-14-15-8-10-16(11-9-15)21(24)25;/h4,6-11,20H,5,12-14H2,1-3H3,(H3,24,25)(H,26,28);1H/t20-;/m0./s1. The molecule has 0 spiro atoms. The monoisotopic (exact) mass is 452 g/mol. The fraction of sp³-hybridized carbons (Fsp3) is 0.364. The number of carbonyl (C=O) groups is 1. The van der Waals surface area contributed by atoms with Gasteiger partial charge in [-0.3, -0.25) is 10.2 Å². The average molecular weight is 453 g/mol. The number of ether oxygens (including phenoxy) is 2. The number of amides is 1. The Morgan fingerprint density at radius 3 is 2.48 bits per heavy atom. The van der Waals surface area contributed by atoms with E-state index >= 15 is 0 Å². The molecule has 0 aliphatic rings. The minimum atomic E-state index is -1.15. The molecule has 0 saturated carbocycles. The van der Waals surface area contributed by atoms with E-state index in [4.69, 9.17) is 20.6 Å². The molecule has 0 bridgehead atoms. The second-order valence-electron chi connectivity index (χ2n) is 7.10. The highest BCUT2D eigenvalue weighted by molar-refractivity contribution is 5.94. The molecule has 1 amide bonds. The molecule has 0 heterocycles. The lowest BCUT2D eigenvalue weighted by Crippen LogP contribution is -2.31. The van der Waals surface area contributed by atoms with Crippen molar-refractivity contribution in [2.75, 3.05) is 34.4 Å². The zero-order valence-corrected chi connectivity index (χ0v) is 18.8. The lowest BCUT2D eigenvalue weighted by molar-refractivity contribution is -0.131. The molecule has 31 heavy (non-hydrogen) atoms. The molecule has 2 rings (SSSR count). The van der Waals surface area contributed by atoms with Crippen molar-refractivity contribution in [2.24, 2.45) is 5.73 Å². The van der Waals surface area contributed by atoms with Gasteiger partial charge < -0.3 is 25.4 Å². The van der Waals surface area contributed by atoms with Crippen molar-refractivity contribution in [3.05, 3.63) is 65.0 Å². The van der Waals surface area contributed by atoms with E-state index in [0.717, 1.165) is 18.5 Å². The Balaban J connectivity index is 0.00000480. The third kappa shape index (κ3) is 7.82. The predicted molar refractivity (Wildman–Crippen MR) is 121 cm³/mol. The van der Waals surface area contributed by atoms with E-state index < -0.39 is 17.8 Å². The van der Waals surface area contributed by atoms with Crippen molar-refractivity contribution in [1.29, 1.82) is 5.41 Å². The topological polar surface area (TPSA) is 101 Å². The summed E-state index contributed by atoms with van der Waals surface area (Å²) in [6.45, 7) is 1.46. The number of nitrogens with one attached hydrogen (secondary N) is 2. The molecule has 7 nitrogen and oxygen atoms in total. The van der Waals surface area contributed by atoms with Crippen LogP contribution < -0.4 is 15.8 Å². The number of hydrogen-bond donors (Lipinski definition) is 3. The first-order valence-corrected chi connectivity index (χ1v) is 9.63. The zero-order chi connectivity index (χ0) is 22.1. The number of amidine groups is 1. The molecular formula is C22H30ClFN4O3. The number of nitrogens with two attached hydrogens (primary N) is 1. The third-order valence-corrected chi connectivity index (χ3v) is 4.49. The molecule has 4 N–H and O–H groups in total. The van der Waals surface area contributed by atoms with Gasteiger partial charge in [-0.1, -0.05) is 30.3 Å². The molecule has 0 aliphatic carbocycles. The van der Waals surface area contributed by atoms with E-state index in [9.17, 15) is 9.18 Å². The Kier molecular flexibility index (Phi) is 11.0. The van der Waals surface area contributed by atoms with Crippen molar-refractivity contribution in [2.45, 2.75) is 19.1 Å². The van der Waals surface area contributed by atoms with Gasteiger partial charge in [0, 0.05) is 25.8 Å². The van der Waals surface area contributed by atoms with Gasteiger partial charge in [-0.2, -0.15) is 0 Å². The van der Waals surface area contributed by atoms with Gasteiger partial charge >= 0.3 is 0 Å². The van der Waals surface area contributed by atoms with Crippen LogP contribution in [0.25, 0.3) is 0 Å². The Bertz CT molecular complexity index is 862. The third-order valence-electron chi connectivity index (χ3n) is 4.49. The zero-order valence-electron chi connectivity index (χ0n) is 18.0. The van der Waals surface area contributed by atoms with Crippen LogP contribution in [-0.4, -0.2) is 51.0 Å². The maximum absolute atomic E-state index is 14.6. The van der Waals surface area contributed by atoms with Gasteiger partial charge in [-0.25, -0.2) is 4.39 Å². The fourth-order valence-corrected chi connectivity index (χ4v) is 2.90. The van der Waals surface area contributed by atoms with Crippen molar-refractivity contribution in [1.82, 2.24) is 10.2 Å². The number of nitrogen functional groups attached to an aromatic ring is 1. The van der Waals surface area contributed by atoms with Crippen LogP contribution in [0.4, 0.5) is 4.39 Å². The largest absolute Gasteiger partial charge is 0.493 e. The fourth-order valence-electron chi connectivity index (χ4n) is 2.90. The highest BCUT2D eigenvalue weighted by Crippen LogP contribution is 2.30. The lowest BCUT2D eigenvalue weighted by Gasteiger charge is -2.20. The van der Waals surface area contributed by atoms with Crippen LogP contribution in [0.15, 0.2) is 42.5 Å². The first-order valence-electron chi connectivity index (χ1n) is 9.63. The van der Waals surface area contributed by atoms with E-state index in [0.29, 0.717) is 17.9 Å². The van der Waals surface area contributed by atoms with Crippen LogP contribution in [0.3, 0.4) is 0 Å². The summed E-state index contributed by atoms with van der Waals surface area (Å²) >= 11 is 0. The van der Waals surface area contributed by atoms with Crippen LogP contribution in [0, 0.1) is 11.2 Å². The summed E-state index contributed by atoms with van der Waals surface area (Å²) in [6.07, 6.45) is -0.380. The first-order chi connectivity index (χ1) is 14.3. The second-order valence-corrected chi connectivity index (χ2v) is 7.10. The summed E-state index contributed by atoms with van der Waals surface area (Å²) in [4.78, 5) is 14.8. The maximum Gasteiger partial charge on any atom is 0.254 e. The van der Waals surface area contributed by atoms with Crippen molar-refractivity contribution >= 4 is 24.1 Å². The highest BCUT2D eigenvalue weighted by atomic mass is 35.5. The predicted octanol–water partition coefficient (Wildman–Crippen LogP) is 2.87. The number of rotatable bonds is 11. The average Bonchev–Trinajstić information content (AvgIpc) is 2.72. The Morgan fingerprint density at radius 1 is 1.23 bits per heavy atom. The Labute approximate surface area is 188 Å². The summed E-state index contributed by atoms with van der Waals surface area (Å²) < 4.78 is 25.6. The molecule has 0 unspecified atom stereocenters. The van der Waals surface area contributed by atoms with Crippen molar-refractivity contribution < 1.29 is 18.7 Å². The summed E-state index contributed by atoms with van der Waals surface area (Å²) in [6, 6.07) is 11.4. The van der Waals surface area contributed by atoms with E-state index in [2.05, 4.69) is 5.32 Å². The Hall–Kier alpha value is -2.68. The summed E-state index contributed by atoms with van der Waals surface area (Å²) in [5, 5.41) is 10.2. The summed E-state index contributed by atoms with van der Waals surface area (Å²) in [5.41, 5.74) is 6.94. The van der Waals surface area contributed by atoms with Crippen molar-refractivity contribution in [3.63, 3.8) is 0 Å². The van der Waals surface area contributed by atoms with E-state index in [-0.39, 0.29) is 30.4 Å². The van der Waals surface area contributed by atoms with Crippen LogP contribution in [0.2, 0.25) is 0 Å². The number of benzene rings is 2. The SMILES string of the molecule is CO[C@H](C(=O)NCc1ccc(C(=N)N)cc1)c1c(F)cccc1OCCCN(C)C.Cl. The smallest absolute Gasteiger partial charge is 0.254 e. The second kappa shape index (κ2) is 12.9. The minimum Gasteiger partial charge on any atom is -0.493 e. The molecule has 9 heteroatoms. The molecule has 0 radical (unpaired) electrons. The summed E-state index contributed by atoms with van der Waals surface area (Å²) in [5.74, 6) is -0.770. The van der Waals surface area contributed by atoms with Gasteiger partial charge in [0.2, 0.25) is 0 Å². The van der Waals surface area contributed by atoms with E-state index in [1.807, 2.05) is 19.0 Å². The molecule has 2 aromatic rings. The van der Waals surface area contributed by atoms with E-state index in [1.165, 1.54) is 13.2 Å². The lowest BCUT2D eigenvalue weighted by atomic mass is 10.1. The van der Waals surface area contributed by atoms with E-state index in [1.54, 1.807) is 36.4 Å². The maximum atomic E-state index is 14.6. The van der Waals surface area contributed by atoms with Gasteiger partial charge in [-0.05, 0) is 38.2 Å². The molecular weight excluding hydrogens is 423 g/mol. The van der Waals surface area contributed by atoms with Crippen LogP contribution >= 0.6 is 12.4 Å². The molecule has 1 atom stereocenters. The van der Waals surface area contributed by atoms with Gasteiger partial charge in [0.1, 0.15) is 17.4 Å². The number of halogens is 2. The molecule has 0 aromatic heterocycles. The molecule has 170 valence electrons. The first kappa shape index (κ1) is 26.4. The van der Waals surface area contributed by atoms with Crippen LogP contribution in [0.5, 0.6) is 5.75 Å². The normalized spacial score (nSPS) is 11.5. The molecule has 0 aliphatic heterocycles. The number of carbonyl (C=O) groups excluding carboxylic acids is 1. The number of methoxy groups -OCH3 is 1. The minimum absolute atomic E-state index is 0.